The molecule has 35 heavy (non-hydrogen) atoms. The van der Waals surface area contributed by atoms with E-state index in [9.17, 15) is 14.4 Å². The first-order valence-corrected chi connectivity index (χ1v) is 11.9. The second-order valence-corrected chi connectivity index (χ2v) is 9.16. The number of amides is 1. The van der Waals surface area contributed by atoms with Crippen molar-refractivity contribution >= 4 is 5.91 Å². The van der Waals surface area contributed by atoms with Crippen molar-refractivity contribution in [1.29, 1.82) is 5.26 Å². The van der Waals surface area contributed by atoms with Crippen molar-refractivity contribution in [3.8, 4) is 22.9 Å². The lowest BCUT2D eigenvalue weighted by atomic mass is 9.88. The Morgan fingerprint density at radius 1 is 1.17 bits per heavy atom. The fraction of sp³-hybridized carbons (Fsp3) is 0.462. The van der Waals surface area contributed by atoms with Gasteiger partial charge in [-0.1, -0.05) is 0 Å². The van der Waals surface area contributed by atoms with Crippen LogP contribution in [-0.2, 0) is 27.3 Å². The molecule has 2 N–H and O–H groups in total. The van der Waals surface area contributed by atoms with Crippen LogP contribution in [0.1, 0.15) is 35.4 Å². The van der Waals surface area contributed by atoms with Gasteiger partial charge in [-0.15, -0.1) is 0 Å². The Morgan fingerprint density at radius 2 is 2.03 bits per heavy atom. The minimum absolute atomic E-state index is 0.00673. The number of carbonyl (C=O) groups excluding carboxylic acids is 1. The highest BCUT2D eigenvalue weighted by Gasteiger charge is 2.29. The van der Waals surface area contributed by atoms with Crippen molar-refractivity contribution in [2.24, 2.45) is 0 Å². The second-order valence-electron chi connectivity index (χ2n) is 9.16. The molecule has 3 aliphatic heterocycles. The van der Waals surface area contributed by atoms with E-state index in [1.807, 2.05) is 6.07 Å². The summed E-state index contributed by atoms with van der Waals surface area (Å²) >= 11 is 0. The van der Waals surface area contributed by atoms with Gasteiger partial charge in [0.1, 0.15) is 36.1 Å². The zero-order chi connectivity index (χ0) is 24.4. The lowest BCUT2D eigenvalue weighted by molar-refractivity contribution is -0.133. The van der Waals surface area contributed by atoms with Gasteiger partial charge in [-0.3, -0.25) is 4.79 Å². The number of halogens is 2. The Morgan fingerprint density at radius 3 is 2.80 bits per heavy atom. The summed E-state index contributed by atoms with van der Waals surface area (Å²) < 4.78 is 46.3. The molecule has 7 nitrogen and oxygen atoms in total. The summed E-state index contributed by atoms with van der Waals surface area (Å²) in [5.41, 5.74) is 2.75. The number of hydrogen-bond donors (Lipinski definition) is 2. The number of nitrogens with zero attached hydrogens (tertiary/aromatic N) is 1. The second kappa shape index (κ2) is 10.3. The van der Waals surface area contributed by atoms with Gasteiger partial charge in [-0.25, -0.2) is 8.78 Å². The van der Waals surface area contributed by atoms with Gasteiger partial charge in [0, 0.05) is 36.6 Å². The van der Waals surface area contributed by atoms with Crippen LogP contribution in [0.2, 0.25) is 0 Å². The van der Waals surface area contributed by atoms with E-state index in [0.717, 1.165) is 24.9 Å². The summed E-state index contributed by atoms with van der Waals surface area (Å²) in [7, 11) is 0. The van der Waals surface area contributed by atoms with Gasteiger partial charge in [0.25, 0.3) is 5.91 Å². The standard InChI is InChI=1S/C26H27F2N3O4/c27-22-9-21-19-8-20(17-12-33-13-17)23(28)6-16(19)14-35-24(21)7-15(22)5-18(10-29)31-26(32)25-11-30-3-1-2-4-34-25/h6-9,17-18,25,30H,1-5,11-14H2,(H,31,32)/t18?,25-/m0/s1. The molecule has 3 aliphatic rings. The number of rotatable bonds is 5. The predicted molar refractivity (Wildman–Crippen MR) is 123 cm³/mol. The molecule has 0 radical (unpaired) electrons. The zero-order valence-corrected chi connectivity index (χ0v) is 19.2. The minimum atomic E-state index is -0.931. The first-order chi connectivity index (χ1) is 17.0. The van der Waals surface area contributed by atoms with Crippen LogP contribution >= 0.6 is 0 Å². The van der Waals surface area contributed by atoms with Crippen LogP contribution in [0.4, 0.5) is 8.78 Å². The molecule has 5 rings (SSSR count). The van der Waals surface area contributed by atoms with Gasteiger partial charge >= 0.3 is 0 Å². The van der Waals surface area contributed by atoms with Crippen LogP contribution < -0.4 is 15.4 Å². The third-order valence-corrected chi connectivity index (χ3v) is 6.71. The maximum atomic E-state index is 15.2. The van der Waals surface area contributed by atoms with Crippen molar-refractivity contribution in [3.05, 3.63) is 52.6 Å². The van der Waals surface area contributed by atoms with E-state index in [2.05, 4.69) is 10.6 Å². The van der Waals surface area contributed by atoms with Crippen LogP contribution in [0.3, 0.4) is 0 Å². The third-order valence-electron chi connectivity index (χ3n) is 6.71. The molecule has 2 atom stereocenters. The van der Waals surface area contributed by atoms with Crippen LogP contribution in [0.15, 0.2) is 24.3 Å². The van der Waals surface area contributed by atoms with Gasteiger partial charge in [0.2, 0.25) is 0 Å². The van der Waals surface area contributed by atoms with Crippen molar-refractivity contribution < 1.29 is 27.8 Å². The Hall–Kier alpha value is -3.06. The average molecular weight is 484 g/mol. The first-order valence-electron chi connectivity index (χ1n) is 11.9. The molecule has 3 heterocycles. The minimum Gasteiger partial charge on any atom is -0.488 e. The topological polar surface area (TPSA) is 92.6 Å². The van der Waals surface area contributed by atoms with E-state index in [1.165, 1.54) is 12.1 Å². The van der Waals surface area contributed by atoms with Crippen LogP contribution in [-0.4, -0.2) is 51.0 Å². The van der Waals surface area contributed by atoms with Crippen molar-refractivity contribution in [2.45, 2.75) is 43.9 Å². The predicted octanol–water partition coefficient (Wildman–Crippen LogP) is 2.96. The highest BCUT2D eigenvalue weighted by molar-refractivity contribution is 5.82. The lowest BCUT2D eigenvalue weighted by Crippen LogP contribution is -2.47. The number of ether oxygens (including phenoxy) is 3. The number of nitriles is 1. The Balaban J connectivity index is 1.34. The van der Waals surface area contributed by atoms with E-state index in [1.54, 1.807) is 12.1 Å². The number of fused-ring (bicyclic) bond motifs is 3. The normalized spacial score (nSPS) is 20.7. The SMILES string of the molecule is N#CC(Cc1cc2c(cc1F)-c1cc(C3COC3)c(F)cc1CO2)NC(=O)[C@@H]1CNCCCCO1. The molecule has 0 aliphatic carbocycles. The van der Waals surface area contributed by atoms with E-state index in [4.69, 9.17) is 14.2 Å². The average Bonchev–Trinajstić information content (AvgIpc) is 2.78. The number of benzene rings is 2. The summed E-state index contributed by atoms with van der Waals surface area (Å²) in [5, 5.41) is 15.4. The first kappa shape index (κ1) is 23.7. The Kier molecular flexibility index (Phi) is 6.95. The number of hydrogen-bond acceptors (Lipinski definition) is 6. The highest BCUT2D eigenvalue weighted by atomic mass is 19.1. The van der Waals surface area contributed by atoms with E-state index in [0.29, 0.717) is 48.8 Å². The summed E-state index contributed by atoms with van der Waals surface area (Å²) in [6, 6.07) is 7.25. The highest BCUT2D eigenvalue weighted by Crippen LogP contribution is 2.42. The zero-order valence-electron chi connectivity index (χ0n) is 19.2. The third kappa shape index (κ3) is 5.01. The van der Waals surface area contributed by atoms with Gasteiger partial charge in [-0.05, 0) is 60.3 Å². The molecular weight excluding hydrogens is 456 g/mol. The van der Waals surface area contributed by atoms with E-state index in [-0.39, 0.29) is 30.3 Å². The molecule has 0 saturated carbocycles. The smallest absolute Gasteiger partial charge is 0.251 e. The maximum Gasteiger partial charge on any atom is 0.251 e. The summed E-state index contributed by atoms with van der Waals surface area (Å²) in [6.45, 7) is 2.75. The fourth-order valence-electron chi connectivity index (χ4n) is 4.62. The Bertz CT molecular complexity index is 1150. The molecule has 0 aromatic heterocycles. The van der Waals surface area contributed by atoms with Gasteiger partial charge in [0.05, 0.1) is 19.3 Å². The summed E-state index contributed by atoms with van der Waals surface area (Å²) in [4.78, 5) is 12.6. The molecule has 2 fully saturated rings. The van der Waals surface area contributed by atoms with Gasteiger partial charge < -0.3 is 24.8 Å². The fourth-order valence-corrected chi connectivity index (χ4v) is 4.62. The molecule has 2 aromatic rings. The molecule has 184 valence electrons. The summed E-state index contributed by atoms with van der Waals surface area (Å²) in [5.74, 6) is -0.766. The molecule has 1 unspecified atom stereocenters. The molecule has 2 aromatic carbocycles. The van der Waals surface area contributed by atoms with E-state index < -0.39 is 23.9 Å². The van der Waals surface area contributed by atoms with Gasteiger partial charge in [0.15, 0.2) is 0 Å². The number of nitrogens with one attached hydrogen (secondary N) is 2. The quantitative estimate of drug-likeness (QED) is 0.680. The van der Waals surface area contributed by atoms with Crippen molar-refractivity contribution in [3.63, 3.8) is 0 Å². The molecule has 0 bridgehead atoms. The molecule has 9 heteroatoms. The van der Waals surface area contributed by atoms with Crippen LogP contribution in [0.25, 0.3) is 11.1 Å². The van der Waals surface area contributed by atoms with Crippen molar-refractivity contribution in [1.82, 2.24) is 10.6 Å². The largest absolute Gasteiger partial charge is 0.488 e. The lowest BCUT2D eigenvalue weighted by Gasteiger charge is -2.29. The number of carbonyl (C=O) groups is 1. The molecular formula is C26H27F2N3O4. The maximum absolute atomic E-state index is 15.2. The van der Waals surface area contributed by atoms with Crippen LogP contribution in [0.5, 0.6) is 5.75 Å². The van der Waals surface area contributed by atoms with Crippen LogP contribution in [0, 0.1) is 23.0 Å². The van der Waals surface area contributed by atoms with Crippen molar-refractivity contribution in [2.75, 3.05) is 32.9 Å². The van der Waals surface area contributed by atoms with Gasteiger partial charge in [-0.2, -0.15) is 5.26 Å². The van der Waals surface area contributed by atoms with E-state index >= 15 is 4.39 Å². The molecule has 0 spiro atoms. The summed E-state index contributed by atoms with van der Waals surface area (Å²) in [6.07, 6.45) is 1.11. The Labute approximate surface area is 202 Å². The molecule has 2 saturated heterocycles. The monoisotopic (exact) mass is 483 g/mol. The molecule has 1 amide bonds.